The van der Waals surface area contributed by atoms with Crippen LogP contribution in [0.5, 0.6) is 0 Å². The molecular formula is C15H21N3O2. The maximum absolute atomic E-state index is 8.78. The highest BCUT2D eigenvalue weighted by molar-refractivity contribution is 5.18. The SMILES string of the molecule is CC(CCCO)NCc1nc(Cc2ccccc2)no1. The van der Waals surface area contributed by atoms with Crippen LogP contribution in [-0.2, 0) is 13.0 Å². The van der Waals surface area contributed by atoms with Crippen LogP contribution in [-0.4, -0.2) is 27.9 Å². The molecule has 0 aliphatic carbocycles. The Morgan fingerprint density at radius 1 is 1.30 bits per heavy atom. The molecule has 0 aliphatic rings. The molecule has 1 heterocycles. The first-order chi connectivity index (χ1) is 9.78. The van der Waals surface area contributed by atoms with Crippen LogP contribution in [0.1, 0.15) is 37.0 Å². The molecule has 0 amide bonds. The van der Waals surface area contributed by atoms with Crippen molar-refractivity contribution in [3.05, 3.63) is 47.6 Å². The standard InChI is InChI=1S/C15H21N3O2/c1-12(6-5-9-19)16-11-15-17-14(18-20-15)10-13-7-3-2-4-8-13/h2-4,7-8,12,16,19H,5-6,9-11H2,1H3. The summed E-state index contributed by atoms with van der Waals surface area (Å²) in [5.41, 5.74) is 1.17. The van der Waals surface area contributed by atoms with Crippen molar-refractivity contribution in [3.63, 3.8) is 0 Å². The van der Waals surface area contributed by atoms with Gasteiger partial charge in [0.25, 0.3) is 0 Å². The Hall–Kier alpha value is -1.72. The molecule has 0 fully saturated rings. The number of aliphatic hydroxyl groups excluding tert-OH is 1. The molecule has 0 spiro atoms. The van der Waals surface area contributed by atoms with Gasteiger partial charge in [-0.3, -0.25) is 0 Å². The summed E-state index contributed by atoms with van der Waals surface area (Å²) in [5.74, 6) is 1.31. The first-order valence-electron chi connectivity index (χ1n) is 6.97. The molecule has 1 unspecified atom stereocenters. The lowest BCUT2D eigenvalue weighted by Gasteiger charge is -2.10. The zero-order valence-electron chi connectivity index (χ0n) is 11.7. The van der Waals surface area contributed by atoms with Crippen LogP contribution in [0.15, 0.2) is 34.9 Å². The van der Waals surface area contributed by atoms with Crippen LogP contribution in [0.4, 0.5) is 0 Å². The molecule has 2 aromatic rings. The molecule has 1 aromatic heterocycles. The van der Waals surface area contributed by atoms with Crippen molar-refractivity contribution in [2.45, 2.75) is 38.8 Å². The van der Waals surface area contributed by atoms with Crippen LogP contribution in [0.25, 0.3) is 0 Å². The topological polar surface area (TPSA) is 71.2 Å². The monoisotopic (exact) mass is 275 g/mol. The van der Waals surface area contributed by atoms with Gasteiger partial charge in [0.1, 0.15) is 0 Å². The molecular weight excluding hydrogens is 254 g/mol. The van der Waals surface area contributed by atoms with E-state index >= 15 is 0 Å². The lowest BCUT2D eigenvalue weighted by atomic mass is 10.1. The number of aromatic nitrogens is 2. The summed E-state index contributed by atoms with van der Waals surface area (Å²) in [6, 6.07) is 10.4. The number of hydrogen-bond donors (Lipinski definition) is 2. The van der Waals surface area contributed by atoms with Gasteiger partial charge in [0.05, 0.1) is 6.54 Å². The number of hydrogen-bond acceptors (Lipinski definition) is 5. The van der Waals surface area contributed by atoms with Crippen molar-refractivity contribution in [1.82, 2.24) is 15.5 Å². The summed E-state index contributed by atoms with van der Waals surface area (Å²) in [6.45, 7) is 2.87. The van der Waals surface area contributed by atoms with E-state index in [1.807, 2.05) is 30.3 Å². The highest BCUT2D eigenvalue weighted by Crippen LogP contribution is 2.07. The number of rotatable bonds is 8. The van der Waals surface area contributed by atoms with E-state index < -0.39 is 0 Å². The Balaban J connectivity index is 1.80. The van der Waals surface area contributed by atoms with Crippen LogP contribution >= 0.6 is 0 Å². The third-order valence-corrected chi connectivity index (χ3v) is 3.11. The molecule has 1 atom stereocenters. The summed E-state index contributed by atoms with van der Waals surface area (Å²) < 4.78 is 5.22. The first kappa shape index (κ1) is 14.7. The van der Waals surface area contributed by atoms with Crippen molar-refractivity contribution in [3.8, 4) is 0 Å². The quantitative estimate of drug-likeness (QED) is 0.770. The van der Waals surface area contributed by atoms with Crippen LogP contribution in [0.2, 0.25) is 0 Å². The maximum Gasteiger partial charge on any atom is 0.240 e. The van der Waals surface area contributed by atoms with Gasteiger partial charge in [0, 0.05) is 19.1 Å². The van der Waals surface area contributed by atoms with Gasteiger partial charge >= 0.3 is 0 Å². The minimum atomic E-state index is 0.230. The summed E-state index contributed by atoms with van der Waals surface area (Å²) >= 11 is 0. The number of nitrogens with one attached hydrogen (secondary N) is 1. The second kappa shape index (κ2) is 7.77. The predicted molar refractivity (Wildman–Crippen MR) is 76.2 cm³/mol. The smallest absolute Gasteiger partial charge is 0.240 e. The second-order valence-electron chi connectivity index (χ2n) is 4.91. The molecule has 0 radical (unpaired) electrons. The Kier molecular flexibility index (Phi) is 5.70. The van der Waals surface area contributed by atoms with Crippen molar-refractivity contribution in [2.24, 2.45) is 0 Å². The zero-order valence-corrected chi connectivity index (χ0v) is 11.7. The minimum Gasteiger partial charge on any atom is -0.396 e. The average Bonchev–Trinajstić information content (AvgIpc) is 2.91. The van der Waals surface area contributed by atoms with Gasteiger partial charge in [0.2, 0.25) is 5.89 Å². The molecule has 0 bridgehead atoms. The third kappa shape index (κ3) is 4.75. The fourth-order valence-electron chi connectivity index (χ4n) is 1.97. The highest BCUT2D eigenvalue weighted by Gasteiger charge is 2.08. The van der Waals surface area contributed by atoms with Gasteiger partial charge < -0.3 is 14.9 Å². The van der Waals surface area contributed by atoms with Crippen molar-refractivity contribution in [2.75, 3.05) is 6.61 Å². The summed E-state index contributed by atoms with van der Waals surface area (Å²) in [7, 11) is 0. The van der Waals surface area contributed by atoms with Gasteiger partial charge in [-0.15, -0.1) is 0 Å². The van der Waals surface area contributed by atoms with E-state index in [1.54, 1.807) is 0 Å². The molecule has 5 nitrogen and oxygen atoms in total. The van der Waals surface area contributed by atoms with E-state index in [-0.39, 0.29) is 6.61 Å². The van der Waals surface area contributed by atoms with E-state index in [2.05, 4.69) is 22.4 Å². The summed E-state index contributed by atoms with van der Waals surface area (Å²) in [4.78, 5) is 4.37. The van der Waals surface area contributed by atoms with Gasteiger partial charge in [-0.1, -0.05) is 35.5 Å². The van der Waals surface area contributed by atoms with E-state index in [1.165, 1.54) is 5.56 Å². The first-order valence-corrected chi connectivity index (χ1v) is 6.97. The van der Waals surface area contributed by atoms with Crippen LogP contribution < -0.4 is 5.32 Å². The van der Waals surface area contributed by atoms with Gasteiger partial charge in [-0.2, -0.15) is 4.98 Å². The lowest BCUT2D eigenvalue weighted by Crippen LogP contribution is -2.25. The molecule has 0 aliphatic heterocycles. The van der Waals surface area contributed by atoms with E-state index in [4.69, 9.17) is 9.63 Å². The maximum atomic E-state index is 8.78. The van der Waals surface area contributed by atoms with Gasteiger partial charge in [-0.25, -0.2) is 0 Å². The van der Waals surface area contributed by atoms with E-state index in [9.17, 15) is 0 Å². The second-order valence-corrected chi connectivity index (χ2v) is 4.91. The van der Waals surface area contributed by atoms with Gasteiger partial charge in [0.15, 0.2) is 5.82 Å². The summed E-state index contributed by atoms with van der Waals surface area (Å²) in [6.07, 6.45) is 2.42. The Morgan fingerprint density at radius 2 is 2.10 bits per heavy atom. The zero-order chi connectivity index (χ0) is 14.2. The fraction of sp³-hybridized carbons (Fsp3) is 0.467. The average molecular weight is 275 g/mol. The lowest BCUT2D eigenvalue weighted by molar-refractivity contribution is 0.274. The van der Waals surface area contributed by atoms with Crippen molar-refractivity contribution < 1.29 is 9.63 Å². The van der Waals surface area contributed by atoms with Crippen LogP contribution in [0, 0.1) is 0 Å². The predicted octanol–water partition coefficient (Wildman–Crippen LogP) is 1.91. The fourth-order valence-corrected chi connectivity index (χ4v) is 1.97. The normalized spacial score (nSPS) is 12.5. The van der Waals surface area contributed by atoms with Crippen molar-refractivity contribution in [1.29, 1.82) is 0 Å². The molecule has 2 rings (SSSR count). The van der Waals surface area contributed by atoms with Gasteiger partial charge in [-0.05, 0) is 25.3 Å². The molecule has 5 heteroatoms. The molecule has 2 N–H and O–H groups in total. The molecule has 0 saturated carbocycles. The highest BCUT2D eigenvalue weighted by atomic mass is 16.5. The molecule has 0 saturated heterocycles. The third-order valence-electron chi connectivity index (χ3n) is 3.11. The number of benzene rings is 1. The van der Waals surface area contributed by atoms with Crippen molar-refractivity contribution >= 4 is 0 Å². The largest absolute Gasteiger partial charge is 0.396 e. The molecule has 108 valence electrons. The Morgan fingerprint density at radius 3 is 2.85 bits per heavy atom. The Bertz CT molecular complexity index is 499. The summed E-state index contributed by atoms with van der Waals surface area (Å²) in [5, 5.41) is 16.1. The Labute approximate surface area is 119 Å². The number of aliphatic hydroxyl groups is 1. The molecule has 1 aromatic carbocycles. The van der Waals surface area contributed by atoms with E-state index in [0.29, 0.717) is 30.7 Å². The van der Waals surface area contributed by atoms with E-state index in [0.717, 1.165) is 12.8 Å². The number of nitrogens with zero attached hydrogens (tertiary/aromatic N) is 2. The van der Waals surface area contributed by atoms with Crippen LogP contribution in [0.3, 0.4) is 0 Å². The minimum absolute atomic E-state index is 0.230. The molecule has 20 heavy (non-hydrogen) atoms.